The molecule has 0 atom stereocenters. The predicted molar refractivity (Wildman–Crippen MR) is 146 cm³/mol. The highest BCUT2D eigenvalue weighted by molar-refractivity contribution is 5.84. The zero-order valence-corrected chi connectivity index (χ0v) is 24.0. The lowest BCUT2D eigenvalue weighted by Gasteiger charge is -2.23. The van der Waals surface area contributed by atoms with Crippen LogP contribution >= 0.6 is 0 Å². The summed E-state index contributed by atoms with van der Waals surface area (Å²) in [5.74, 6) is -0.935. The summed E-state index contributed by atoms with van der Waals surface area (Å²) in [5.41, 5.74) is -4.27. The molecule has 258 valence electrons. The average Bonchev–Trinajstić information content (AvgIpc) is 3.04. The molecule has 0 fully saturated rings. The molecule has 0 aliphatic heterocycles. The molecule has 0 aliphatic rings. The summed E-state index contributed by atoms with van der Waals surface area (Å²) >= 11 is 0. The van der Waals surface area contributed by atoms with Gasteiger partial charge in [0, 0.05) is 5.57 Å². The van der Waals surface area contributed by atoms with Gasteiger partial charge in [0.15, 0.2) is 0 Å². The lowest BCUT2D eigenvalue weighted by atomic mass is 9.93. The minimum absolute atomic E-state index is 0.176. The molecular formula is C24H54O18. The molecular weight excluding hydrogens is 576 g/mol. The van der Waals surface area contributed by atoms with Crippen LogP contribution in [0.4, 0.5) is 0 Å². The van der Waals surface area contributed by atoms with Gasteiger partial charge in [0.2, 0.25) is 0 Å². The van der Waals surface area contributed by atoms with Crippen molar-refractivity contribution in [3.05, 3.63) is 12.2 Å². The first-order valence-corrected chi connectivity index (χ1v) is 12.2. The Labute approximate surface area is 244 Å². The van der Waals surface area contributed by atoms with E-state index >= 15 is 0 Å². The van der Waals surface area contributed by atoms with E-state index in [9.17, 15) is 4.79 Å². The number of aliphatic hydroxyl groups excluding tert-OH is 16. The molecule has 0 saturated heterocycles. The Morgan fingerprint density at radius 1 is 0.381 bits per heavy atom. The van der Waals surface area contributed by atoms with Gasteiger partial charge in [-0.05, 0) is 6.92 Å². The highest BCUT2D eigenvalue weighted by atomic mass is 16.4. The Morgan fingerprint density at radius 3 is 0.452 bits per heavy atom. The van der Waals surface area contributed by atoms with Gasteiger partial charge in [-0.1, -0.05) is 6.58 Å². The molecule has 0 aliphatic carbocycles. The molecule has 0 bridgehead atoms. The molecule has 0 aromatic rings. The minimum Gasteiger partial charge on any atom is -0.478 e. The molecule has 0 amide bonds. The predicted octanol–water partition coefficient (Wildman–Crippen LogP) is -7.58. The minimum atomic E-state index is -1.11. The van der Waals surface area contributed by atoms with Gasteiger partial charge < -0.3 is 86.8 Å². The zero-order chi connectivity index (χ0) is 34.5. The van der Waals surface area contributed by atoms with Crippen molar-refractivity contribution >= 4 is 5.97 Å². The maximum Gasteiger partial charge on any atom is 0.330 e. The number of carbonyl (C=O) groups is 1. The number of rotatable bonds is 17. The third-order valence-corrected chi connectivity index (χ3v) is 5.73. The fraction of sp³-hybridized carbons (Fsp3) is 0.875. The first-order chi connectivity index (χ1) is 19.6. The second-order valence-corrected chi connectivity index (χ2v) is 9.62. The molecule has 0 aromatic heterocycles. The SMILES string of the molecule is C=C(C)C(=O)O.OCC(CO)(CO)CO.OCC(CO)(CO)CO.OCC(CO)(CO)CO.OCC(CO)(CO)CO. The third kappa shape index (κ3) is 21.3. The summed E-state index contributed by atoms with van der Waals surface area (Å²) in [5, 5.41) is 144. The number of aliphatic hydroxyl groups is 16. The highest BCUT2D eigenvalue weighted by Gasteiger charge is 2.28. The first kappa shape index (κ1) is 50.2. The van der Waals surface area contributed by atoms with Gasteiger partial charge in [-0.15, -0.1) is 0 Å². The van der Waals surface area contributed by atoms with Crippen LogP contribution in [0.15, 0.2) is 12.2 Å². The number of carboxylic acid groups (broad SMARTS) is 1. The van der Waals surface area contributed by atoms with Crippen LogP contribution < -0.4 is 0 Å². The quantitative estimate of drug-likeness (QED) is 0.0663. The second kappa shape index (κ2) is 29.6. The molecule has 0 aromatic carbocycles. The number of hydrogen-bond donors (Lipinski definition) is 17. The van der Waals surface area contributed by atoms with Crippen molar-refractivity contribution in [2.45, 2.75) is 6.92 Å². The third-order valence-electron chi connectivity index (χ3n) is 5.73. The Balaban J connectivity index is -0.000000137. The number of hydrogen-bond acceptors (Lipinski definition) is 17. The Kier molecular flexibility index (Phi) is 35.4. The van der Waals surface area contributed by atoms with E-state index < -0.39 is 133 Å². The molecule has 42 heavy (non-hydrogen) atoms. The monoisotopic (exact) mass is 630 g/mol. The largest absolute Gasteiger partial charge is 0.478 e. The van der Waals surface area contributed by atoms with E-state index in [1.807, 2.05) is 0 Å². The fourth-order valence-electron chi connectivity index (χ4n) is 1.20. The number of aliphatic carboxylic acids is 1. The van der Waals surface area contributed by atoms with E-state index in [4.69, 9.17) is 86.8 Å². The van der Waals surface area contributed by atoms with Crippen molar-refractivity contribution in [3.63, 3.8) is 0 Å². The van der Waals surface area contributed by atoms with Crippen LogP contribution in [-0.4, -0.2) is 198 Å². The number of carboxylic acids is 1. The van der Waals surface area contributed by atoms with E-state index in [2.05, 4.69) is 6.58 Å². The lowest BCUT2D eigenvalue weighted by molar-refractivity contribution is -0.132. The molecule has 0 saturated carbocycles. The summed E-state index contributed by atoms with van der Waals surface area (Å²) in [4.78, 5) is 9.60. The van der Waals surface area contributed by atoms with Crippen molar-refractivity contribution in [2.75, 3.05) is 106 Å². The molecule has 0 radical (unpaired) electrons. The van der Waals surface area contributed by atoms with E-state index in [1.54, 1.807) is 0 Å². The summed E-state index contributed by atoms with van der Waals surface area (Å²) in [7, 11) is 0. The zero-order valence-electron chi connectivity index (χ0n) is 24.0. The van der Waals surface area contributed by atoms with Gasteiger partial charge in [0.05, 0.1) is 127 Å². The van der Waals surface area contributed by atoms with Crippen LogP contribution in [0.5, 0.6) is 0 Å². The first-order valence-electron chi connectivity index (χ1n) is 12.2. The van der Waals surface area contributed by atoms with Crippen LogP contribution in [0.2, 0.25) is 0 Å². The Bertz CT molecular complexity index is 440. The summed E-state index contributed by atoms with van der Waals surface area (Å²) < 4.78 is 0. The maximum absolute atomic E-state index is 9.60. The smallest absolute Gasteiger partial charge is 0.330 e. The molecule has 0 spiro atoms. The highest BCUT2D eigenvalue weighted by Crippen LogP contribution is 2.13. The van der Waals surface area contributed by atoms with E-state index in [-0.39, 0.29) is 5.57 Å². The van der Waals surface area contributed by atoms with Crippen LogP contribution in [-0.2, 0) is 4.79 Å². The molecule has 0 heterocycles. The molecule has 17 N–H and O–H groups in total. The van der Waals surface area contributed by atoms with E-state index in [0.717, 1.165) is 0 Å². The molecule has 0 rings (SSSR count). The normalized spacial score (nSPS) is 11.4. The van der Waals surface area contributed by atoms with Gasteiger partial charge in [-0.2, -0.15) is 0 Å². The van der Waals surface area contributed by atoms with Crippen LogP contribution in [0.25, 0.3) is 0 Å². The van der Waals surface area contributed by atoms with Gasteiger partial charge in [-0.3, -0.25) is 0 Å². The Morgan fingerprint density at radius 2 is 0.452 bits per heavy atom. The topological polar surface area (TPSA) is 361 Å². The second-order valence-electron chi connectivity index (χ2n) is 9.62. The molecule has 18 heteroatoms. The maximum atomic E-state index is 9.60. The van der Waals surface area contributed by atoms with E-state index in [1.165, 1.54) is 6.92 Å². The summed E-state index contributed by atoms with van der Waals surface area (Å²) in [6.45, 7) is -1.90. The standard InChI is InChI=1S/4C5H12O4.C4H6O2/c4*6-1-5(2-7,3-8)4-9;1-3(2)4(5)6/h4*6-9H,1-4H2;1H2,2H3,(H,5,6). The fourth-order valence-corrected chi connectivity index (χ4v) is 1.20. The van der Waals surface area contributed by atoms with Crippen LogP contribution in [0, 0.1) is 21.7 Å². The van der Waals surface area contributed by atoms with Gasteiger partial charge in [0.25, 0.3) is 0 Å². The van der Waals surface area contributed by atoms with Crippen molar-refractivity contribution in [2.24, 2.45) is 21.7 Å². The summed E-state index contributed by atoms with van der Waals surface area (Å²) in [6.07, 6.45) is 0. The lowest BCUT2D eigenvalue weighted by Crippen LogP contribution is -2.37. The average molecular weight is 631 g/mol. The van der Waals surface area contributed by atoms with E-state index in [0.29, 0.717) is 0 Å². The van der Waals surface area contributed by atoms with Crippen LogP contribution in [0.3, 0.4) is 0 Å². The van der Waals surface area contributed by atoms with Gasteiger partial charge in [-0.25, -0.2) is 4.79 Å². The van der Waals surface area contributed by atoms with Crippen molar-refractivity contribution in [1.82, 2.24) is 0 Å². The van der Waals surface area contributed by atoms with Gasteiger partial charge in [0.1, 0.15) is 0 Å². The van der Waals surface area contributed by atoms with Crippen molar-refractivity contribution in [1.29, 1.82) is 0 Å². The van der Waals surface area contributed by atoms with Crippen LogP contribution in [0.1, 0.15) is 6.92 Å². The molecule has 0 unspecified atom stereocenters. The van der Waals surface area contributed by atoms with Crippen molar-refractivity contribution < 1.29 is 91.6 Å². The van der Waals surface area contributed by atoms with Gasteiger partial charge >= 0.3 is 5.97 Å². The van der Waals surface area contributed by atoms with Crippen molar-refractivity contribution in [3.8, 4) is 0 Å². The Hall–Kier alpha value is -1.43. The molecule has 18 nitrogen and oxygen atoms in total. The summed E-state index contributed by atoms with van der Waals surface area (Å²) in [6, 6.07) is 0.